The molecule has 0 saturated carbocycles. The molecule has 6 heteroatoms. The van der Waals surface area contributed by atoms with Crippen LogP contribution in [-0.4, -0.2) is 55.9 Å². The fourth-order valence-corrected chi connectivity index (χ4v) is 2.38. The third-order valence-electron chi connectivity index (χ3n) is 3.71. The molecule has 2 rings (SSSR count). The van der Waals surface area contributed by atoms with Gasteiger partial charge in [0.1, 0.15) is 5.82 Å². The summed E-state index contributed by atoms with van der Waals surface area (Å²) in [6, 6.07) is 5.39. The number of benzene rings is 1. The molecule has 1 heterocycles. The molecular formula is C16H22FN3O2. The number of halogens is 1. The number of nitrogens with one attached hydrogen (secondary N) is 2. The third kappa shape index (κ3) is 5.54. The second-order valence-corrected chi connectivity index (χ2v) is 5.37. The number of Topliss-reactive ketones (excluding diaryl/α,β-unsaturated/α-hetero) is 1. The normalized spacial score (nSPS) is 15.5. The van der Waals surface area contributed by atoms with Crippen molar-refractivity contribution in [3.63, 3.8) is 0 Å². The Kier molecular flexibility index (Phi) is 6.48. The minimum absolute atomic E-state index is 0.120. The van der Waals surface area contributed by atoms with E-state index in [1.807, 2.05) is 0 Å². The summed E-state index contributed by atoms with van der Waals surface area (Å²) in [7, 11) is 0. The van der Waals surface area contributed by atoms with Gasteiger partial charge in [0.15, 0.2) is 5.78 Å². The maximum atomic E-state index is 12.8. The van der Waals surface area contributed by atoms with Gasteiger partial charge in [-0.3, -0.25) is 14.5 Å². The maximum absolute atomic E-state index is 12.8. The van der Waals surface area contributed by atoms with Gasteiger partial charge in [-0.05, 0) is 24.3 Å². The zero-order valence-corrected chi connectivity index (χ0v) is 12.6. The van der Waals surface area contributed by atoms with Crippen LogP contribution in [0.3, 0.4) is 0 Å². The Balaban J connectivity index is 1.62. The van der Waals surface area contributed by atoms with E-state index < -0.39 is 0 Å². The first-order valence-electron chi connectivity index (χ1n) is 7.64. The van der Waals surface area contributed by atoms with Crippen LogP contribution in [0.5, 0.6) is 0 Å². The second-order valence-electron chi connectivity index (χ2n) is 5.37. The Morgan fingerprint density at radius 1 is 1.14 bits per heavy atom. The number of piperazine rings is 1. The topological polar surface area (TPSA) is 61.4 Å². The van der Waals surface area contributed by atoms with Gasteiger partial charge in [0, 0.05) is 57.7 Å². The SMILES string of the molecule is O=C(CCC(=O)c1ccc(F)cc1)NCCN1CCNCC1. The van der Waals surface area contributed by atoms with Gasteiger partial charge in [-0.15, -0.1) is 0 Å². The highest BCUT2D eigenvalue weighted by Crippen LogP contribution is 2.07. The van der Waals surface area contributed by atoms with Crippen LogP contribution in [0, 0.1) is 5.82 Å². The van der Waals surface area contributed by atoms with E-state index in [1.54, 1.807) is 0 Å². The third-order valence-corrected chi connectivity index (χ3v) is 3.71. The van der Waals surface area contributed by atoms with E-state index in [-0.39, 0.29) is 30.3 Å². The largest absolute Gasteiger partial charge is 0.355 e. The molecule has 22 heavy (non-hydrogen) atoms. The summed E-state index contributed by atoms with van der Waals surface area (Å²) in [5.41, 5.74) is 0.440. The van der Waals surface area contributed by atoms with E-state index in [2.05, 4.69) is 15.5 Å². The van der Waals surface area contributed by atoms with Gasteiger partial charge in [-0.25, -0.2) is 4.39 Å². The van der Waals surface area contributed by atoms with Crippen molar-refractivity contribution in [2.45, 2.75) is 12.8 Å². The van der Waals surface area contributed by atoms with Crippen molar-refractivity contribution >= 4 is 11.7 Å². The molecule has 0 unspecified atom stereocenters. The fourth-order valence-electron chi connectivity index (χ4n) is 2.38. The predicted octanol–water partition coefficient (Wildman–Crippen LogP) is 0.810. The molecule has 0 spiro atoms. The molecule has 0 atom stereocenters. The van der Waals surface area contributed by atoms with Crippen molar-refractivity contribution in [2.24, 2.45) is 0 Å². The molecule has 120 valence electrons. The molecule has 1 aromatic rings. The minimum atomic E-state index is -0.373. The molecule has 1 saturated heterocycles. The number of rotatable bonds is 7. The highest BCUT2D eigenvalue weighted by molar-refractivity contribution is 5.97. The molecule has 0 aromatic heterocycles. The number of nitrogens with zero attached hydrogens (tertiary/aromatic N) is 1. The van der Waals surface area contributed by atoms with Crippen molar-refractivity contribution in [2.75, 3.05) is 39.3 Å². The molecule has 5 nitrogen and oxygen atoms in total. The average Bonchev–Trinajstić information content (AvgIpc) is 2.54. The van der Waals surface area contributed by atoms with Crippen LogP contribution in [0.15, 0.2) is 24.3 Å². The lowest BCUT2D eigenvalue weighted by atomic mass is 10.1. The van der Waals surface area contributed by atoms with Crippen molar-refractivity contribution in [1.29, 1.82) is 0 Å². The molecule has 1 aliphatic heterocycles. The lowest BCUT2D eigenvalue weighted by molar-refractivity contribution is -0.121. The molecule has 0 bridgehead atoms. The first-order chi connectivity index (χ1) is 10.6. The zero-order chi connectivity index (χ0) is 15.8. The molecule has 1 fully saturated rings. The van der Waals surface area contributed by atoms with Crippen molar-refractivity contribution in [3.8, 4) is 0 Å². The summed E-state index contributed by atoms with van der Waals surface area (Å²) < 4.78 is 12.8. The van der Waals surface area contributed by atoms with Crippen molar-refractivity contribution < 1.29 is 14.0 Å². The van der Waals surface area contributed by atoms with Crippen molar-refractivity contribution in [3.05, 3.63) is 35.6 Å². The van der Waals surface area contributed by atoms with Crippen LogP contribution in [0.2, 0.25) is 0 Å². The summed E-state index contributed by atoms with van der Waals surface area (Å²) in [5.74, 6) is -0.634. The Bertz CT molecular complexity index is 499. The van der Waals surface area contributed by atoms with Crippen molar-refractivity contribution in [1.82, 2.24) is 15.5 Å². The van der Waals surface area contributed by atoms with Gasteiger partial charge < -0.3 is 10.6 Å². The fraction of sp³-hybridized carbons (Fsp3) is 0.500. The number of carbonyl (C=O) groups excluding carboxylic acids is 2. The van der Waals surface area contributed by atoms with E-state index in [4.69, 9.17) is 0 Å². The average molecular weight is 307 g/mol. The Morgan fingerprint density at radius 2 is 1.82 bits per heavy atom. The number of carbonyl (C=O) groups is 2. The second kappa shape index (κ2) is 8.60. The summed E-state index contributed by atoms with van der Waals surface area (Å²) in [6.45, 7) is 5.40. The van der Waals surface area contributed by atoms with Crippen LogP contribution in [-0.2, 0) is 4.79 Å². The Labute approximate surface area is 129 Å². The van der Waals surface area contributed by atoms with Crippen LogP contribution in [0.4, 0.5) is 4.39 Å². The maximum Gasteiger partial charge on any atom is 0.220 e. The quantitative estimate of drug-likeness (QED) is 0.732. The van der Waals surface area contributed by atoms with Crippen LogP contribution in [0.25, 0.3) is 0 Å². The van der Waals surface area contributed by atoms with Gasteiger partial charge in [0.05, 0.1) is 0 Å². The standard InChI is InChI=1S/C16H22FN3O2/c17-14-3-1-13(2-4-14)15(21)5-6-16(22)19-9-12-20-10-7-18-8-11-20/h1-4,18H,5-12H2,(H,19,22). The molecular weight excluding hydrogens is 285 g/mol. The first-order valence-corrected chi connectivity index (χ1v) is 7.64. The van der Waals surface area contributed by atoms with E-state index in [9.17, 15) is 14.0 Å². The number of hydrogen-bond acceptors (Lipinski definition) is 4. The highest BCUT2D eigenvalue weighted by atomic mass is 19.1. The van der Waals surface area contributed by atoms with Gasteiger partial charge in [0.25, 0.3) is 0 Å². The summed E-state index contributed by atoms with van der Waals surface area (Å²) in [6.07, 6.45) is 0.308. The number of amides is 1. The first kappa shape index (κ1) is 16.6. The Morgan fingerprint density at radius 3 is 2.50 bits per heavy atom. The zero-order valence-electron chi connectivity index (χ0n) is 12.6. The summed E-state index contributed by atoms with van der Waals surface area (Å²) in [4.78, 5) is 25.9. The Hall–Kier alpha value is -1.79. The van der Waals surface area contributed by atoms with E-state index in [0.717, 1.165) is 32.7 Å². The lowest BCUT2D eigenvalue weighted by Gasteiger charge is -2.27. The molecule has 2 N–H and O–H groups in total. The van der Waals surface area contributed by atoms with Gasteiger partial charge in [-0.2, -0.15) is 0 Å². The van der Waals surface area contributed by atoms with E-state index in [0.29, 0.717) is 12.1 Å². The van der Waals surface area contributed by atoms with E-state index in [1.165, 1.54) is 24.3 Å². The molecule has 0 radical (unpaired) electrons. The van der Waals surface area contributed by atoms with Gasteiger partial charge in [-0.1, -0.05) is 0 Å². The number of hydrogen-bond donors (Lipinski definition) is 2. The predicted molar refractivity (Wildman–Crippen MR) is 82.3 cm³/mol. The minimum Gasteiger partial charge on any atom is -0.355 e. The molecule has 0 aliphatic carbocycles. The monoisotopic (exact) mass is 307 g/mol. The van der Waals surface area contributed by atoms with Crippen LogP contribution in [0.1, 0.15) is 23.2 Å². The van der Waals surface area contributed by atoms with Gasteiger partial charge in [0.2, 0.25) is 5.91 Å². The molecule has 1 aliphatic rings. The number of ketones is 1. The van der Waals surface area contributed by atoms with E-state index >= 15 is 0 Å². The lowest BCUT2D eigenvalue weighted by Crippen LogP contribution is -2.46. The summed E-state index contributed by atoms with van der Waals surface area (Å²) >= 11 is 0. The molecule has 1 aromatic carbocycles. The molecule has 1 amide bonds. The highest BCUT2D eigenvalue weighted by Gasteiger charge is 2.11. The summed E-state index contributed by atoms with van der Waals surface area (Å²) in [5, 5.41) is 6.11. The smallest absolute Gasteiger partial charge is 0.220 e. The van der Waals surface area contributed by atoms with Gasteiger partial charge >= 0.3 is 0 Å². The van der Waals surface area contributed by atoms with Crippen LogP contribution < -0.4 is 10.6 Å². The van der Waals surface area contributed by atoms with Crippen LogP contribution >= 0.6 is 0 Å².